The predicted molar refractivity (Wildman–Crippen MR) is 57.5 cm³/mol. The lowest BCUT2D eigenvalue weighted by molar-refractivity contribution is -0.140. The molecule has 0 amide bonds. The van der Waals surface area contributed by atoms with Crippen LogP contribution in [0.4, 0.5) is 0 Å². The lowest BCUT2D eigenvalue weighted by Crippen LogP contribution is -2.15. The number of alkyl halides is 1. The van der Waals surface area contributed by atoms with Crippen LogP contribution in [-0.2, 0) is 9.53 Å². The molecule has 1 aromatic carbocycles. The van der Waals surface area contributed by atoms with Gasteiger partial charge in [-0.1, -0.05) is 46.3 Å². The van der Waals surface area contributed by atoms with E-state index in [9.17, 15) is 4.79 Å². The van der Waals surface area contributed by atoms with Crippen molar-refractivity contribution in [1.29, 1.82) is 0 Å². The van der Waals surface area contributed by atoms with Crippen LogP contribution in [0.1, 0.15) is 17.9 Å². The third-order valence-electron chi connectivity index (χ3n) is 2.50. The van der Waals surface area contributed by atoms with Crippen molar-refractivity contribution in [3.63, 3.8) is 0 Å². The van der Waals surface area contributed by atoms with Crippen molar-refractivity contribution >= 4 is 21.9 Å². The molecule has 1 aromatic rings. The van der Waals surface area contributed by atoms with E-state index in [1.165, 1.54) is 5.56 Å². The Labute approximate surface area is 91.4 Å². The molecule has 2 unspecified atom stereocenters. The molecule has 1 heterocycles. The van der Waals surface area contributed by atoms with Crippen molar-refractivity contribution in [3.8, 4) is 0 Å². The number of halogens is 1. The third kappa shape index (κ3) is 1.82. The van der Waals surface area contributed by atoms with Gasteiger partial charge in [-0.05, 0) is 5.56 Å². The topological polar surface area (TPSA) is 26.3 Å². The number of rotatable bonds is 2. The zero-order valence-corrected chi connectivity index (χ0v) is 9.24. The molecule has 2 atom stereocenters. The molecule has 0 aromatic heterocycles. The normalized spacial score (nSPS) is 26.2. The quantitative estimate of drug-likeness (QED) is 0.599. The molecule has 3 heteroatoms. The Hall–Kier alpha value is -0.830. The van der Waals surface area contributed by atoms with Gasteiger partial charge in [-0.2, -0.15) is 0 Å². The predicted octanol–water partition coefficient (Wildman–Crippen LogP) is 2.48. The van der Waals surface area contributed by atoms with Gasteiger partial charge in [-0.3, -0.25) is 4.79 Å². The summed E-state index contributed by atoms with van der Waals surface area (Å²) in [7, 11) is 0. The molecule has 0 saturated carbocycles. The highest BCUT2D eigenvalue weighted by molar-refractivity contribution is 9.09. The maximum atomic E-state index is 11.2. The van der Waals surface area contributed by atoms with Gasteiger partial charge in [0.05, 0.1) is 6.42 Å². The van der Waals surface area contributed by atoms with Crippen LogP contribution in [0.15, 0.2) is 30.3 Å². The molecule has 0 spiro atoms. The molecular formula is C11H11BrO2. The molecule has 0 radical (unpaired) electrons. The van der Waals surface area contributed by atoms with Crippen molar-refractivity contribution < 1.29 is 9.53 Å². The molecule has 1 aliphatic heterocycles. The maximum absolute atomic E-state index is 11.2. The van der Waals surface area contributed by atoms with Crippen LogP contribution in [0.25, 0.3) is 0 Å². The average molecular weight is 255 g/mol. The van der Waals surface area contributed by atoms with Gasteiger partial charge in [-0.15, -0.1) is 0 Å². The van der Waals surface area contributed by atoms with Gasteiger partial charge in [0.2, 0.25) is 0 Å². The summed E-state index contributed by atoms with van der Waals surface area (Å²) < 4.78 is 5.19. The van der Waals surface area contributed by atoms with Crippen LogP contribution in [-0.4, -0.2) is 17.4 Å². The van der Waals surface area contributed by atoms with Crippen molar-refractivity contribution in [2.75, 3.05) is 5.33 Å². The summed E-state index contributed by atoms with van der Waals surface area (Å²) in [5, 5.41) is 0.707. The monoisotopic (exact) mass is 254 g/mol. The third-order valence-corrected chi connectivity index (χ3v) is 3.14. The molecule has 74 valence electrons. The Balaban J connectivity index is 2.22. The Morgan fingerprint density at radius 2 is 2.07 bits per heavy atom. The summed E-state index contributed by atoms with van der Waals surface area (Å²) in [6.07, 6.45) is 0.491. The van der Waals surface area contributed by atoms with E-state index in [0.717, 1.165) is 0 Å². The highest BCUT2D eigenvalue weighted by Gasteiger charge is 2.34. The molecule has 0 bridgehead atoms. The van der Waals surface area contributed by atoms with Crippen LogP contribution < -0.4 is 0 Å². The molecule has 14 heavy (non-hydrogen) atoms. The number of carbonyl (C=O) groups excluding carboxylic acids is 1. The van der Waals surface area contributed by atoms with Gasteiger partial charge >= 0.3 is 5.97 Å². The number of carbonyl (C=O) groups is 1. The van der Waals surface area contributed by atoms with Gasteiger partial charge in [0.25, 0.3) is 0 Å². The van der Waals surface area contributed by atoms with Gasteiger partial charge in [0.15, 0.2) is 0 Å². The second-order valence-corrected chi connectivity index (χ2v) is 4.05. The molecule has 1 aliphatic rings. The van der Waals surface area contributed by atoms with Crippen molar-refractivity contribution in [1.82, 2.24) is 0 Å². The SMILES string of the molecule is O=C1CC(c2ccccc2)C(CBr)O1. The number of cyclic esters (lactones) is 1. The molecule has 0 N–H and O–H groups in total. The van der Waals surface area contributed by atoms with Crippen molar-refractivity contribution in [2.24, 2.45) is 0 Å². The molecule has 1 saturated heterocycles. The minimum atomic E-state index is -0.0942. The van der Waals surface area contributed by atoms with E-state index in [4.69, 9.17) is 4.74 Å². The standard InChI is InChI=1S/C11H11BrO2/c12-7-10-9(6-11(13)14-10)8-4-2-1-3-5-8/h1-5,9-10H,6-7H2. The van der Waals surface area contributed by atoms with E-state index in [2.05, 4.69) is 15.9 Å². The maximum Gasteiger partial charge on any atom is 0.306 e. The summed E-state index contributed by atoms with van der Waals surface area (Å²) in [6.45, 7) is 0. The molecule has 2 rings (SSSR count). The summed E-state index contributed by atoms with van der Waals surface area (Å²) in [4.78, 5) is 11.2. The summed E-state index contributed by atoms with van der Waals surface area (Å²) >= 11 is 3.36. The average Bonchev–Trinajstić information content (AvgIpc) is 2.61. The van der Waals surface area contributed by atoms with E-state index < -0.39 is 0 Å². The van der Waals surface area contributed by atoms with Gasteiger partial charge < -0.3 is 4.74 Å². The fourth-order valence-corrected chi connectivity index (χ4v) is 2.37. The number of ether oxygens (including phenoxy) is 1. The first-order chi connectivity index (χ1) is 6.81. The van der Waals surface area contributed by atoms with Crippen LogP contribution in [0.3, 0.4) is 0 Å². The lowest BCUT2D eigenvalue weighted by Gasteiger charge is -2.14. The molecule has 2 nitrogen and oxygen atoms in total. The van der Waals surface area contributed by atoms with E-state index in [-0.39, 0.29) is 18.0 Å². The number of hydrogen-bond donors (Lipinski definition) is 0. The zero-order chi connectivity index (χ0) is 9.97. The Kier molecular flexibility index (Phi) is 2.87. The summed E-state index contributed by atoms with van der Waals surface area (Å²) in [5.74, 6) is 0.117. The lowest BCUT2D eigenvalue weighted by atomic mass is 9.93. The van der Waals surface area contributed by atoms with Crippen LogP contribution in [0.2, 0.25) is 0 Å². The van der Waals surface area contributed by atoms with E-state index in [0.29, 0.717) is 11.8 Å². The fraction of sp³-hybridized carbons (Fsp3) is 0.364. The second kappa shape index (κ2) is 4.13. The Morgan fingerprint density at radius 3 is 2.71 bits per heavy atom. The van der Waals surface area contributed by atoms with Crippen molar-refractivity contribution in [3.05, 3.63) is 35.9 Å². The minimum Gasteiger partial charge on any atom is -0.461 e. The summed E-state index contributed by atoms with van der Waals surface area (Å²) in [5.41, 5.74) is 1.18. The first kappa shape index (κ1) is 9.71. The van der Waals surface area contributed by atoms with E-state index in [1.54, 1.807) is 0 Å². The molecule has 0 aliphatic carbocycles. The fourth-order valence-electron chi connectivity index (χ4n) is 1.78. The van der Waals surface area contributed by atoms with E-state index >= 15 is 0 Å². The van der Waals surface area contributed by atoms with Crippen LogP contribution in [0, 0.1) is 0 Å². The number of benzene rings is 1. The number of hydrogen-bond acceptors (Lipinski definition) is 2. The van der Waals surface area contributed by atoms with Gasteiger partial charge in [0.1, 0.15) is 6.10 Å². The first-order valence-electron chi connectivity index (χ1n) is 4.61. The smallest absolute Gasteiger partial charge is 0.306 e. The van der Waals surface area contributed by atoms with Crippen LogP contribution in [0.5, 0.6) is 0 Å². The zero-order valence-electron chi connectivity index (χ0n) is 7.65. The first-order valence-corrected chi connectivity index (χ1v) is 5.74. The van der Waals surface area contributed by atoms with Crippen LogP contribution >= 0.6 is 15.9 Å². The largest absolute Gasteiger partial charge is 0.461 e. The second-order valence-electron chi connectivity index (χ2n) is 3.40. The number of esters is 1. The van der Waals surface area contributed by atoms with E-state index in [1.807, 2.05) is 30.3 Å². The van der Waals surface area contributed by atoms with Gasteiger partial charge in [-0.25, -0.2) is 0 Å². The van der Waals surface area contributed by atoms with Gasteiger partial charge in [0, 0.05) is 11.2 Å². The molecule has 1 fully saturated rings. The minimum absolute atomic E-state index is 0.00935. The molecular weight excluding hydrogens is 244 g/mol. The highest BCUT2D eigenvalue weighted by Crippen LogP contribution is 2.32. The summed E-state index contributed by atoms with van der Waals surface area (Å²) in [6, 6.07) is 10.0. The van der Waals surface area contributed by atoms with Crippen molar-refractivity contribution in [2.45, 2.75) is 18.4 Å². The Morgan fingerprint density at radius 1 is 1.36 bits per heavy atom. The highest BCUT2D eigenvalue weighted by atomic mass is 79.9. The Bertz CT molecular complexity index is 323.